The maximum Gasteiger partial charge on any atom is 0.0330 e. The van der Waals surface area contributed by atoms with E-state index in [1.165, 1.54) is 11.1 Å². The zero-order chi connectivity index (χ0) is 12.5. The van der Waals surface area contributed by atoms with Crippen molar-refractivity contribution in [3.05, 3.63) is 35.4 Å². The fourth-order valence-corrected chi connectivity index (χ4v) is 2.66. The van der Waals surface area contributed by atoms with Crippen LogP contribution in [0.25, 0.3) is 0 Å². The molecule has 1 aliphatic heterocycles. The van der Waals surface area contributed by atoms with Gasteiger partial charge in [0.25, 0.3) is 0 Å². The Bertz CT molecular complexity index is 386. The molecule has 1 atom stereocenters. The molecule has 17 heavy (non-hydrogen) atoms. The number of nitrogens with two attached hydrogens (primary N) is 1. The molecule has 0 aromatic heterocycles. The Morgan fingerprint density at radius 1 is 1.29 bits per heavy atom. The van der Waals surface area contributed by atoms with Crippen molar-refractivity contribution in [2.75, 3.05) is 13.1 Å². The van der Waals surface area contributed by atoms with E-state index in [9.17, 15) is 0 Å². The van der Waals surface area contributed by atoms with Gasteiger partial charge in [-0.25, -0.2) is 0 Å². The summed E-state index contributed by atoms with van der Waals surface area (Å²) in [5.74, 6) is 0.581. The monoisotopic (exact) mass is 232 g/mol. The lowest BCUT2D eigenvalue weighted by Gasteiger charge is -2.46. The predicted molar refractivity (Wildman–Crippen MR) is 72.9 cm³/mol. The Labute approximate surface area is 105 Å². The van der Waals surface area contributed by atoms with Crippen LogP contribution in [0, 0.1) is 5.92 Å². The van der Waals surface area contributed by atoms with Crippen molar-refractivity contribution < 1.29 is 0 Å². The lowest BCUT2D eigenvalue weighted by molar-refractivity contribution is 0.0543. The molecule has 0 aliphatic carbocycles. The molecule has 1 heterocycles. The van der Waals surface area contributed by atoms with Gasteiger partial charge in [0.1, 0.15) is 0 Å². The molecule has 2 heteroatoms. The Kier molecular flexibility index (Phi) is 3.55. The fourth-order valence-electron chi connectivity index (χ4n) is 2.66. The summed E-state index contributed by atoms with van der Waals surface area (Å²) in [4.78, 5) is 2.56. The maximum absolute atomic E-state index is 6.02. The lowest BCUT2D eigenvalue weighted by Crippen LogP contribution is -2.56. The highest BCUT2D eigenvalue weighted by Crippen LogP contribution is 2.29. The molecule has 0 saturated heterocycles. The third-order valence-electron chi connectivity index (χ3n) is 4.51. The molecular weight excluding hydrogens is 208 g/mol. The fraction of sp³-hybridized carbons (Fsp3) is 0.600. The highest BCUT2D eigenvalue weighted by Gasteiger charge is 2.35. The van der Waals surface area contributed by atoms with Crippen LogP contribution in [0.1, 0.15) is 31.9 Å². The zero-order valence-corrected chi connectivity index (χ0v) is 11.2. The number of benzene rings is 1. The van der Waals surface area contributed by atoms with Crippen molar-refractivity contribution in [1.82, 2.24) is 4.90 Å². The van der Waals surface area contributed by atoms with Crippen LogP contribution in [0.3, 0.4) is 0 Å². The molecule has 2 N–H and O–H groups in total. The summed E-state index contributed by atoms with van der Waals surface area (Å²) in [7, 11) is 0. The Morgan fingerprint density at radius 2 is 1.94 bits per heavy atom. The normalized spacial score (nSPS) is 20.1. The van der Waals surface area contributed by atoms with Crippen molar-refractivity contribution >= 4 is 0 Å². The van der Waals surface area contributed by atoms with Gasteiger partial charge < -0.3 is 5.73 Å². The summed E-state index contributed by atoms with van der Waals surface area (Å²) in [6.07, 6.45) is 1.15. The van der Waals surface area contributed by atoms with Crippen molar-refractivity contribution in [3.8, 4) is 0 Å². The van der Waals surface area contributed by atoms with E-state index in [0.717, 1.165) is 26.1 Å². The van der Waals surface area contributed by atoms with Crippen LogP contribution in [0.15, 0.2) is 24.3 Å². The number of hydrogen-bond donors (Lipinski definition) is 1. The SMILES string of the molecule is CC(C)C(C)(CN)N1CCc2ccccc2C1. The van der Waals surface area contributed by atoms with E-state index in [1.54, 1.807) is 0 Å². The minimum Gasteiger partial charge on any atom is -0.329 e. The molecule has 2 nitrogen and oxygen atoms in total. The average Bonchev–Trinajstić information content (AvgIpc) is 2.37. The van der Waals surface area contributed by atoms with E-state index < -0.39 is 0 Å². The summed E-state index contributed by atoms with van der Waals surface area (Å²) in [5.41, 5.74) is 9.11. The third kappa shape index (κ3) is 2.24. The summed E-state index contributed by atoms with van der Waals surface area (Å²) in [6, 6.07) is 8.77. The lowest BCUT2D eigenvalue weighted by atomic mass is 9.84. The predicted octanol–water partition coefficient (Wildman–Crippen LogP) is 2.42. The Morgan fingerprint density at radius 3 is 2.53 bits per heavy atom. The molecule has 0 bridgehead atoms. The second-order valence-corrected chi connectivity index (χ2v) is 5.66. The highest BCUT2D eigenvalue weighted by molar-refractivity contribution is 5.29. The van der Waals surface area contributed by atoms with Gasteiger partial charge in [-0.2, -0.15) is 0 Å². The quantitative estimate of drug-likeness (QED) is 0.867. The van der Waals surface area contributed by atoms with Gasteiger partial charge in [-0.3, -0.25) is 4.90 Å². The molecule has 0 radical (unpaired) electrons. The topological polar surface area (TPSA) is 29.3 Å². The van der Waals surface area contributed by atoms with Gasteiger partial charge in [0.2, 0.25) is 0 Å². The van der Waals surface area contributed by atoms with Gasteiger partial charge in [0, 0.05) is 25.2 Å². The molecule has 2 rings (SSSR count). The van der Waals surface area contributed by atoms with Crippen LogP contribution in [0.2, 0.25) is 0 Å². The van der Waals surface area contributed by atoms with Crippen LogP contribution in [-0.2, 0) is 13.0 Å². The van der Waals surface area contributed by atoms with Gasteiger partial charge >= 0.3 is 0 Å². The third-order valence-corrected chi connectivity index (χ3v) is 4.51. The van der Waals surface area contributed by atoms with Crippen LogP contribution >= 0.6 is 0 Å². The number of rotatable bonds is 3. The van der Waals surface area contributed by atoms with E-state index in [0.29, 0.717) is 5.92 Å². The van der Waals surface area contributed by atoms with Crippen molar-refractivity contribution in [2.45, 2.75) is 39.3 Å². The molecule has 1 aromatic carbocycles. The van der Waals surface area contributed by atoms with E-state index in [-0.39, 0.29) is 5.54 Å². The second kappa shape index (κ2) is 4.79. The van der Waals surface area contributed by atoms with E-state index in [1.807, 2.05) is 0 Å². The van der Waals surface area contributed by atoms with E-state index >= 15 is 0 Å². The zero-order valence-electron chi connectivity index (χ0n) is 11.2. The number of nitrogens with zero attached hydrogens (tertiary/aromatic N) is 1. The second-order valence-electron chi connectivity index (χ2n) is 5.66. The molecule has 0 saturated carbocycles. The summed E-state index contributed by atoms with van der Waals surface area (Å²) < 4.78 is 0. The molecular formula is C15H24N2. The molecule has 1 unspecified atom stereocenters. The van der Waals surface area contributed by atoms with Crippen LogP contribution in [0.4, 0.5) is 0 Å². The van der Waals surface area contributed by atoms with Crippen LogP contribution in [-0.4, -0.2) is 23.5 Å². The minimum absolute atomic E-state index is 0.119. The van der Waals surface area contributed by atoms with Gasteiger partial charge in [-0.1, -0.05) is 38.1 Å². The smallest absolute Gasteiger partial charge is 0.0330 e. The van der Waals surface area contributed by atoms with Gasteiger partial charge in [-0.05, 0) is 30.4 Å². The first-order valence-corrected chi connectivity index (χ1v) is 6.60. The number of fused-ring (bicyclic) bond motifs is 1. The van der Waals surface area contributed by atoms with Crippen LogP contribution in [0.5, 0.6) is 0 Å². The first-order chi connectivity index (χ1) is 8.08. The standard InChI is InChI=1S/C15H24N2/c1-12(2)15(3,11-16)17-9-8-13-6-4-5-7-14(13)10-17/h4-7,12H,8-11,16H2,1-3H3. The molecule has 94 valence electrons. The summed E-state index contributed by atoms with van der Waals surface area (Å²) in [6.45, 7) is 9.74. The highest BCUT2D eigenvalue weighted by atomic mass is 15.2. The maximum atomic E-state index is 6.02. The Hall–Kier alpha value is -0.860. The molecule has 1 aromatic rings. The molecule has 0 fully saturated rings. The minimum atomic E-state index is 0.119. The van der Waals surface area contributed by atoms with E-state index in [4.69, 9.17) is 5.73 Å². The largest absolute Gasteiger partial charge is 0.329 e. The van der Waals surface area contributed by atoms with Gasteiger partial charge in [0.05, 0.1) is 0 Å². The van der Waals surface area contributed by atoms with E-state index in [2.05, 4.69) is 49.9 Å². The van der Waals surface area contributed by atoms with Crippen molar-refractivity contribution in [2.24, 2.45) is 11.7 Å². The number of hydrogen-bond acceptors (Lipinski definition) is 2. The van der Waals surface area contributed by atoms with Crippen LogP contribution < -0.4 is 5.73 Å². The first kappa shape index (κ1) is 12.6. The summed E-state index contributed by atoms with van der Waals surface area (Å²) >= 11 is 0. The molecule has 1 aliphatic rings. The molecule has 0 amide bonds. The molecule has 0 spiro atoms. The van der Waals surface area contributed by atoms with Crippen molar-refractivity contribution in [3.63, 3.8) is 0 Å². The average molecular weight is 232 g/mol. The van der Waals surface area contributed by atoms with Gasteiger partial charge in [-0.15, -0.1) is 0 Å². The Balaban J connectivity index is 2.22. The van der Waals surface area contributed by atoms with Crippen molar-refractivity contribution in [1.29, 1.82) is 0 Å². The van der Waals surface area contributed by atoms with Gasteiger partial charge in [0.15, 0.2) is 0 Å². The summed E-state index contributed by atoms with van der Waals surface area (Å²) in [5, 5.41) is 0. The first-order valence-electron chi connectivity index (χ1n) is 6.60.